The van der Waals surface area contributed by atoms with E-state index in [9.17, 15) is 4.79 Å². The number of carbonyl (C=O) groups excluding carboxylic acids is 1. The maximum atomic E-state index is 12.1. The Labute approximate surface area is 108 Å². The van der Waals surface area contributed by atoms with E-state index in [1.807, 2.05) is 37.3 Å². The second-order valence-corrected chi connectivity index (χ2v) is 4.30. The van der Waals surface area contributed by atoms with E-state index >= 15 is 0 Å². The molecule has 2 N–H and O–H groups in total. The van der Waals surface area contributed by atoms with Crippen molar-refractivity contribution in [1.82, 2.24) is 0 Å². The summed E-state index contributed by atoms with van der Waals surface area (Å²) in [4.78, 5) is 13.8. The summed E-state index contributed by atoms with van der Waals surface area (Å²) in [7, 11) is 0. The van der Waals surface area contributed by atoms with Crippen LogP contribution < -0.4 is 10.6 Å². The van der Waals surface area contributed by atoms with Gasteiger partial charge in [-0.2, -0.15) is 5.26 Å². The van der Waals surface area contributed by atoms with Gasteiger partial charge in [0.25, 0.3) is 0 Å². The van der Waals surface area contributed by atoms with E-state index < -0.39 is 0 Å². The van der Waals surface area contributed by atoms with Gasteiger partial charge in [0.2, 0.25) is 5.91 Å². The standard InChI is InChI=1S/C14H19N3O/c1-12(16)8-9-14(18)17(11-5-10-15)13-6-3-2-4-7-13/h2-4,6-7,12H,5,8-9,11,16H2,1H3. The molecule has 4 nitrogen and oxygen atoms in total. The van der Waals surface area contributed by atoms with E-state index in [-0.39, 0.29) is 11.9 Å². The molecular formula is C14H19N3O. The van der Waals surface area contributed by atoms with Crippen molar-refractivity contribution in [3.05, 3.63) is 30.3 Å². The number of carbonyl (C=O) groups is 1. The van der Waals surface area contributed by atoms with Gasteiger partial charge in [-0.15, -0.1) is 0 Å². The molecule has 1 rings (SSSR count). The number of anilines is 1. The fraction of sp³-hybridized carbons (Fsp3) is 0.429. The average molecular weight is 245 g/mol. The number of amides is 1. The largest absolute Gasteiger partial charge is 0.328 e. The van der Waals surface area contributed by atoms with Crippen LogP contribution in [0.1, 0.15) is 26.2 Å². The van der Waals surface area contributed by atoms with Crippen LogP contribution in [0.4, 0.5) is 5.69 Å². The molecule has 0 bridgehead atoms. The third-order valence-corrected chi connectivity index (χ3v) is 2.63. The highest BCUT2D eigenvalue weighted by atomic mass is 16.2. The zero-order chi connectivity index (χ0) is 13.4. The van der Waals surface area contributed by atoms with Crippen LogP contribution in [0.25, 0.3) is 0 Å². The fourth-order valence-corrected chi connectivity index (χ4v) is 1.65. The van der Waals surface area contributed by atoms with Gasteiger partial charge in [-0.05, 0) is 25.5 Å². The number of para-hydroxylation sites is 1. The van der Waals surface area contributed by atoms with E-state index in [0.717, 1.165) is 5.69 Å². The lowest BCUT2D eigenvalue weighted by Gasteiger charge is -2.22. The molecular weight excluding hydrogens is 226 g/mol. The maximum absolute atomic E-state index is 12.1. The van der Waals surface area contributed by atoms with Gasteiger partial charge in [-0.3, -0.25) is 4.79 Å². The molecule has 18 heavy (non-hydrogen) atoms. The number of hydrogen-bond donors (Lipinski definition) is 1. The second-order valence-electron chi connectivity index (χ2n) is 4.30. The number of hydrogen-bond acceptors (Lipinski definition) is 3. The zero-order valence-electron chi connectivity index (χ0n) is 10.7. The van der Waals surface area contributed by atoms with Crippen molar-refractivity contribution in [2.45, 2.75) is 32.2 Å². The smallest absolute Gasteiger partial charge is 0.227 e. The van der Waals surface area contributed by atoms with Crippen molar-refractivity contribution in [3.63, 3.8) is 0 Å². The molecule has 0 saturated heterocycles. The molecule has 1 atom stereocenters. The van der Waals surface area contributed by atoms with Crippen LogP contribution in [-0.4, -0.2) is 18.5 Å². The Hall–Kier alpha value is -1.86. The maximum Gasteiger partial charge on any atom is 0.227 e. The van der Waals surface area contributed by atoms with Crippen LogP contribution in [0, 0.1) is 11.3 Å². The lowest BCUT2D eigenvalue weighted by atomic mass is 10.1. The number of rotatable bonds is 6. The Bertz CT molecular complexity index is 409. The van der Waals surface area contributed by atoms with E-state index in [0.29, 0.717) is 25.8 Å². The van der Waals surface area contributed by atoms with Crippen LogP contribution in [0.2, 0.25) is 0 Å². The second kappa shape index (κ2) is 7.46. The normalized spacial score (nSPS) is 11.6. The summed E-state index contributed by atoms with van der Waals surface area (Å²) in [5.74, 6) is 0.0220. The number of nitriles is 1. The highest BCUT2D eigenvalue weighted by molar-refractivity contribution is 5.93. The fourth-order valence-electron chi connectivity index (χ4n) is 1.65. The summed E-state index contributed by atoms with van der Waals surface area (Å²) in [5, 5.41) is 8.65. The molecule has 1 amide bonds. The highest BCUT2D eigenvalue weighted by Gasteiger charge is 2.15. The molecule has 0 fully saturated rings. The van der Waals surface area contributed by atoms with Gasteiger partial charge in [-0.25, -0.2) is 0 Å². The van der Waals surface area contributed by atoms with Gasteiger partial charge in [-0.1, -0.05) is 18.2 Å². The van der Waals surface area contributed by atoms with Crippen molar-refractivity contribution >= 4 is 11.6 Å². The quantitative estimate of drug-likeness (QED) is 0.834. The summed E-state index contributed by atoms with van der Waals surface area (Å²) in [6.07, 6.45) is 1.41. The first-order chi connectivity index (χ1) is 8.65. The molecule has 0 aromatic heterocycles. The van der Waals surface area contributed by atoms with Crippen molar-refractivity contribution < 1.29 is 4.79 Å². The van der Waals surface area contributed by atoms with Crippen LogP contribution >= 0.6 is 0 Å². The summed E-state index contributed by atoms with van der Waals surface area (Å²) in [5.41, 5.74) is 6.49. The van der Waals surface area contributed by atoms with Gasteiger partial charge in [0.05, 0.1) is 12.5 Å². The van der Waals surface area contributed by atoms with Crippen molar-refractivity contribution in [2.75, 3.05) is 11.4 Å². The van der Waals surface area contributed by atoms with E-state index in [1.54, 1.807) is 4.90 Å². The molecule has 0 aliphatic rings. The Kier molecular flexibility index (Phi) is 5.89. The first kappa shape index (κ1) is 14.2. The topological polar surface area (TPSA) is 70.1 Å². The Morgan fingerprint density at radius 2 is 2.11 bits per heavy atom. The first-order valence-corrected chi connectivity index (χ1v) is 6.13. The van der Waals surface area contributed by atoms with Crippen molar-refractivity contribution in [1.29, 1.82) is 5.26 Å². The van der Waals surface area contributed by atoms with E-state index in [4.69, 9.17) is 11.0 Å². The molecule has 0 aliphatic carbocycles. The Morgan fingerprint density at radius 1 is 1.44 bits per heavy atom. The lowest BCUT2D eigenvalue weighted by molar-refractivity contribution is -0.118. The predicted molar refractivity (Wildman–Crippen MR) is 71.9 cm³/mol. The van der Waals surface area contributed by atoms with Gasteiger partial charge in [0, 0.05) is 24.7 Å². The molecule has 1 aromatic rings. The van der Waals surface area contributed by atoms with Crippen LogP contribution in [0.3, 0.4) is 0 Å². The van der Waals surface area contributed by atoms with Crippen molar-refractivity contribution in [3.8, 4) is 6.07 Å². The van der Waals surface area contributed by atoms with Gasteiger partial charge < -0.3 is 10.6 Å². The van der Waals surface area contributed by atoms with Crippen LogP contribution in [-0.2, 0) is 4.79 Å². The van der Waals surface area contributed by atoms with Gasteiger partial charge >= 0.3 is 0 Å². The monoisotopic (exact) mass is 245 g/mol. The molecule has 0 saturated carbocycles. The molecule has 0 radical (unpaired) electrons. The van der Waals surface area contributed by atoms with Crippen LogP contribution in [0.15, 0.2) is 30.3 Å². The molecule has 0 heterocycles. The third-order valence-electron chi connectivity index (χ3n) is 2.63. The minimum Gasteiger partial charge on any atom is -0.328 e. The SMILES string of the molecule is CC(N)CCC(=O)N(CCC#N)c1ccccc1. The number of nitrogens with two attached hydrogens (primary N) is 1. The van der Waals surface area contributed by atoms with E-state index in [2.05, 4.69) is 6.07 Å². The Balaban J connectivity index is 2.72. The Morgan fingerprint density at radius 3 is 2.67 bits per heavy atom. The average Bonchev–Trinajstić information content (AvgIpc) is 2.38. The first-order valence-electron chi connectivity index (χ1n) is 6.13. The molecule has 1 aromatic carbocycles. The highest BCUT2D eigenvalue weighted by Crippen LogP contribution is 2.15. The number of benzene rings is 1. The van der Waals surface area contributed by atoms with Crippen molar-refractivity contribution in [2.24, 2.45) is 5.73 Å². The van der Waals surface area contributed by atoms with Gasteiger partial charge in [0.1, 0.15) is 0 Å². The third kappa shape index (κ3) is 4.56. The lowest BCUT2D eigenvalue weighted by Crippen LogP contribution is -2.32. The summed E-state index contributed by atoms with van der Waals surface area (Å²) < 4.78 is 0. The van der Waals surface area contributed by atoms with Crippen LogP contribution in [0.5, 0.6) is 0 Å². The molecule has 0 aliphatic heterocycles. The minimum atomic E-state index is 0.0162. The zero-order valence-corrected chi connectivity index (χ0v) is 10.7. The summed E-state index contributed by atoms with van der Waals surface area (Å²) >= 11 is 0. The summed E-state index contributed by atoms with van der Waals surface area (Å²) in [6, 6.07) is 11.5. The molecule has 0 spiro atoms. The predicted octanol–water partition coefficient (Wildman–Crippen LogP) is 2.06. The van der Waals surface area contributed by atoms with Gasteiger partial charge in [0.15, 0.2) is 0 Å². The summed E-state index contributed by atoms with van der Waals surface area (Å²) in [6.45, 7) is 2.31. The minimum absolute atomic E-state index is 0.0162. The number of nitrogens with zero attached hydrogens (tertiary/aromatic N) is 2. The molecule has 1 unspecified atom stereocenters. The molecule has 96 valence electrons. The molecule has 4 heteroatoms. The van der Waals surface area contributed by atoms with E-state index in [1.165, 1.54) is 0 Å².